The Bertz CT molecular complexity index is 398. The van der Waals surface area contributed by atoms with Crippen LogP contribution in [0.4, 0.5) is 20.2 Å². The first-order chi connectivity index (χ1) is 7.61. The van der Waals surface area contributed by atoms with Gasteiger partial charge in [-0.15, -0.1) is 0 Å². The third-order valence-corrected chi connectivity index (χ3v) is 2.96. The van der Waals surface area contributed by atoms with Gasteiger partial charge in [-0.2, -0.15) is 0 Å². The summed E-state index contributed by atoms with van der Waals surface area (Å²) in [6, 6.07) is 2.01. The Labute approximate surface area is 92.5 Å². The van der Waals surface area contributed by atoms with E-state index in [2.05, 4.69) is 0 Å². The van der Waals surface area contributed by atoms with E-state index in [0.29, 0.717) is 18.8 Å². The lowest BCUT2D eigenvalue weighted by Crippen LogP contribution is -2.22. The number of rotatable bonds is 2. The van der Waals surface area contributed by atoms with Gasteiger partial charge in [0, 0.05) is 31.7 Å². The molecule has 5 heteroatoms. The molecule has 0 spiro atoms. The topological polar surface area (TPSA) is 49.5 Å². The summed E-state index contributed by atoms with van der Waals surface area (Å²) >= 11 is 0. The second-order valence-electron chi connectivity index (χ2n) is 4.10. The second kappa shape index (κ2) is 4.25. The smallest absolute Gasteiger partial charge is 0.151 e. The Morgan fingerprint density at radius 1 is 1.44 bits per heavy atom. The summed E-state index contributed by atoms with van der Waals surface area (Å²) in [5.41, 5.74) is 5.93. The molecule has 1 aliphatic heterocycles. The number of hydrogen-bond acceptors (Lipinski definition) is 3. The van der Waals surface area contributed by atoms with Crippen LogP contribution < -0.4 is 10.6 Å². The van der Waals surface area contributed by atoms with Crippen LogP contribution in [-0.4, -0.2) is 24.8 Å². The zero-order chi connectivity index (χ0) is 11.7. The molecule has 16 heavy (non-hydrogen) atoms. The number of hydrogen-bond donors (Lipinski definition) is 2. The number of anilines is 2. The Kier molecular flexibility index (Phi) is 2.96. The Hall–Kier alpha value is -1.36. The minimum atomic E-state index is -0.734. The monoisotopic (exact) mass is 228 g/mol. The highest BCUT2D eigenvalue weighted by Gasteiger charge is 2.24. The molecule has 0 amide bonds. The van der Waals surface area contributed by atoms with Crippen molar-refractivity contribution in [2.75, 3.05) is 30.3 Å². The molecule has 1 aliphatic rings. The third kappa shape index (κ3) is 1.95. The van der Waals surface area contributed by atoms with Crippen LogP contribution in [0, 0.1) is 17.6 Å². The Balaban J connectivity index is 2.27. The van der Waals surface area contributed by atoms with Crippen LogP contribution in [0.2, 0.25) is 0 Å². The summed E-state index contributed by atoms with van der Waals surface area (Å²) in [4.78, 5) is 1.81. The highest BCUT2D eigenvalue weighted by molar-refractivity contribution is 5.68. The molecule has 0 aliphatic carbocycles. The SMILES string of the molecule is Nc1c(F)cc(F)cc1N1CCC(CO)C1. The van der Waals surface area contributed by atoms with E-state index in [0.717, 1.165) is 12.5 Å². The van der Waals surface area contributed by atoms with Gasteiger partial charge < -0.3 is 15.7 Å². The molecule has 2 rings (SSSR count). The molecule has 0 aromatic heterocycles. The highest BCUT2D eigenvalue weighted by Crippen LogP contribution is 2.31. The quantitative estimate of drug-likeness (QED) is 0.751. The van der Waals surface area contributed by atoms with E-state index in [4.69, 9.17) is 10.8 Å². The molecule has 1 aromatic rings. The molecule has 1 saturated heterocycles. The minimum Gasteiger partial charge on any atom is -0.396 e. The predicted molar refractivity (Wildman–Crippen MR) is 58.2 cm³/mol. The predicted octanol–water partition coefficient (Wildman–Crippen LogP) is 1.37. The standard InChI is InChI=1S/C11H14F2N2O/c12-8-3-9(13)11(14)10(4-8)15-2-1-7(5-15)6-16/h3-4,7,16H,1-2,5-6,14H2. The molecule has 1 aromatic carbocycles. The van der Waals surface area contributed by atoms with Crippen molar-refractivity contribution >= 4 is 11.4 Å². The van der Waals surface area contributed by atoms with Crippen molar-refractivity contribution in [3.05, 3.63) is 23.8 Å². The molecule has 3 nitrogen and oxygen atoms in total. The summed E-state index contributed by atoms with van der Waals surface area (Å²) in [6.45, 7) is 1.34. The maximum absolute atomic E-state index is 13.2. The molecular formula is C11H14F2N2O. The van der Waals surface area contributed by atoms with Crippen molar-refractivity contribution in [3.63, 3.8) is 0 Å². The molecule has 1 atom stereocenters. The van der Waals surface area contributed by atoms with Crippen molar-refractivity contribution in [2.24, 2.45) is 5.92 Å². The first-order valence-electron chi connectivity index (χ1n) is 5.22. The number of benzene rings is 1. The lowest BCUT2D eigenvalue weighted by molar-refractivity contribution is 0.238. The van der Waals surface area contributed by atoms with Crippen LogP contribution in [0.5, 0.6) is 0 Å². The molecular weight excluding hydrogens is 214 g/mol. The van der Waals surface area contributed by atoms with Crippen LogP contribution in [-0.2, 0) is 0 Å². The fraction of sp³-hybridized carbons (Fsp3) is 0.455. The minimum absolute atomic E-state index is 0.0278. The lowest BCUT2D eigenvalue weighted by Gasteiger charge is -2.20. The van der Waals surface area contributed by atoms with E-state index < -0.39 is 11.6 Å². The summed E-state index contributed by atoms with van der Waals surface area (Å²) in [5, 5.41) is 9.00. The third-order valence-electron chi connectivity index (χ3n) is 2.96. The van der Waals surface area contributed by atoms with Gasteiger partial charge in [0.15, 0.2) is 5.82 Å². The number of nitrogens with two attached hydrogens (primary N) is 1. The van der Waals surface area contributed by atoms with Crippen molar-refractivity contribution in [2.45, 2.75) is 6.42 Å². The molecule has 0 radical (unpaired) electrons. The molecule has 1 heterocycles. The van der Waals surface area contributed by atoms with E-state index in [1.54, 1.807) is 0 Å². The van der Waals surface area contributed by atoms with Gasteiger partial charge in [0.05, 0.1) is 11.4 Å². The van der Waals surface area contributed by atoms with Crippen LogP contribution in [0.15, 0.2) is 12.1 Å². The van der Waals surface area contributed by atoms with Gasteiger partial charge >= 0.3 is 0 Å². The number of halogens is 2. The van der Waals surface area contributed by atoms with Crippen molar-refractivity contribution < 1.29 is 13.9 Å². The Morgan fingerprint density at radius 3 is 2.81 bits per heavy atom. The maximum atomic E-state index is 13.2. The number of aliphatic hydroxyl groups excluding tert-OH is 1. The van der Waals surface area contributed by atoms with Crippen LogP contribution >= 0.6 is 0 Å². The van der Waals surface area contributed by atoms with E-state index in [9.17, 15) is 8.78 Å². The maximum Gasteiger partial charge on any atom is 0.151 e. The fourth-order valence-electron chi connectivity index (χ4n) is 2.03. The summed E-state index contributed by atoms with van der Waals surface area (Å²) in [7, 11) is 0. The number of aliphatic hydroxyl groups is 1. The number of nitrogen functional groups attached to an aromatic ring is 1. The first kappa shape index (κ1) is 11.1. The van der Waals surface area contributed by atoms with E-state index in [1.807, 2.05) is 4.90 Å². The molecule has 1 unspecified atom stereocenters. The second-order valence-corrected chi connectivity index (χ2v) is 4.10. The normalized spacial score (nSPS) is 20.4. The lowest BCUT2D eigenvalue weighted by atomic mass is 10.1. The molecule has 1 fully saturated rings. The van der Waals surface area contributed by atoms with Crippen LogP contribution in [0.25, 0.3) is 0 Å². The first-order valence-corrected chi connectivity index (χ1v) is 5.22. The molecule has 0 bridgehead atoms. The van der Waals surface area contributed by atoms with Crippen molar-refractivity contribution in [1.82, 2.24) is 0 Å². The number of nitrogens with zero attached hydrogens (tertiary/aromatic N) is 1. The molecule has 3 N–H and O–H groups in total. The Morgan fingerprint density at radius 2 is 2.19 bits per heavy atom. The van der Waals surface area contributed by atoms with E-state index in [-0.39, 0.29) is 18.2 Å². The molecule has 0 saturated carbocycles. The summed E-state index contributed by atoms with van der Waals surface area (Å²) < 4.78 is 26.3. The summed E-state index contributed by atoms with van der Waals surface area (Å²) in [6.07, 6.45) is 0.814. The van der Waals surface area contributed by atoms with Gasteiger partial charge in [-0.25, -0.2) is 8.78 Å². The van der Waals surface area contributed by atoms with E-state index >= 15 is 0 Å². The summed E-state index contributed by atoms with van der Waals surface area (Å²) in [5.74, 6) is -1.21. The average Bonchev–Trinajstić information content (AvgIpc) is 2.71. The molecule has 88 valence electrons. The average molecular weight is 228 g/mol. The van der Waals surface area contributed by atoms with Gasteiger partial charge in [-0.1, -0.05) is 0 Å². The zero-order valence-corrected chi connectivity index (χ0v) is 8.79. The van der Waals surface area contributed by atoms with Gasteiger partial charge in [-0.3, -0.25) is 0 Å². The van der Waals surface area contributed by atoms with Crippen molar-refractivity contribution in [1.29, 1.82) is 0 Å². The van der Waals surface area contributed by atoms with E-state index in [1.165, 1.54) is 6.07 Å². The fourth-order valence-corrected chi connectivity index (χ4v) is 2.03. The van der Waals surface area contributed by atoms with Gasteiger partial charge in [0.25, 0.3) is 0 Å². The zero-order valence-electron chi connectivity index (χ0n) is 8.79. The van der Waals surface area contributed by atoms with Gasteiger partial charge in [0.1, 0.15) is 5.82 Å². The van der Waals surface area contributed by atoms with Crippen LogP contribution in [0.1, 0.15) is 6.42 Å². The largest absolute Gasteiger partial charge is 0.396 e. The van der Waals surface area contributed by atoms with Crippen LogP contribution in [0.3, 0.4) is 0 Å². The van der Waals surface area contributed by atoms with Gasteiger partial charge in [0.2, 0.25) is 0 Å². The van der Waals surface area contributed by atoms with Crippen molar-refractivity contribution in [3.8, 4) is 0 Å². The highest BCUT2D eigenvalue weighted by atomic mass is 19.1. The van der Waals surface area contributed by atoms with Gasteiger partial charge in [-0.05, 0) is 12.5 Å².